The third-order valence-electron chi connectivity index (χ3n) is 4.50. The summed E-state index contributed by atoms with van der Waals surface area (Å²) >= 11 is 0. The summed E-state index contributed by atoms with van der Waals surface area (Å²) in [4.78, 5) is 29.0. The van der Waals surface area contributed by atoms with Crippen LogP contribution in [0.2, 0.25) is 0 Å². The fourth-order valence-corrected chi connectivity index (χ4v) is 3.11. The molecular formula is C18H24N2O3. The van der Waals surface area contributed by atoms with Crippen molar-refractivity contribution in [3.8, 4) is 0 Å². The first kappa shape index (κ1) is 17.3. The molecule has 0 spiro atoms. The van der Waals surface area contributed by atoms with Crippen LogP contribution in [0.15, 0.2) is 29.3 Å². The van der Waals surface area contributed by atoms with Crippen LogP contribution in [0.25, 0.3) is 0 Å². The molecule has 23 heavy (non-hydrogen) atoms. The van der Waals surface area contributed by atoms with Gasteiger partial charge in [0.25, 0.3) is 5.91 Å². The summed E-state index contributed by atoms with van der Waals surface area (Å²) in [5.41, 5.74) is 1.23. The Bertz CT molecular complexity index is 610. The van der Waals surface area contributed by atoms with Gasteiger partial charge in [0.05, 0.1) is 0 Å². The zero-order chi connectivity index (χ0) is 16.8. The summed E-state index contributed by atoms with van der Waals surface area (Å²) in [5, 5.41) is 12.3. The molecule has 1 unspecified atom stereocenters. The van der Waals surface area contributed by atoms with E-state index in [4.69, 9.17) is 0 Å². The number of nitrogens with one attached hydrogen (secondary N) is 1. The van der Waals surface area contributed by atoms with Crippen molar-refractivity contribution in [2.75, 3.05) is 13.7 Å². The van der Waals surface area contributed by atoms with Crippen molar-refractivity contribution < 1.29 is 14.7 Å². The van der Waals surface area contributed by atoms with Gasteiger partial charge in [0, 0.05) is 31.2 Å². The number of aliphatic hydroxyl groups is 1. The third kappa shape index (κ3) is 4.05. The van der Waals surface area contributed by atoms with Crippen LogP contribution in [0.1, 0.15) is 41.6 Å². The van der Waals surface area contributed by atoms with E-state index in [-0.39, 0.29) is 30.1 Å². The van der Waals surface area contributed by atoms with Gasteiger partial charge in [0.2, 0.25) is 5.78 Å². The van der Waals surface area contributed by atoms with Crippen molar-refractivity contribution in [3.05, 3.63) is 35.4 Å². The van der Waals surface area contributed by atoms with Gasteiger partial charge in [-0.15, -0.1) is 0 Å². The minimum atomic E-state index is -0.453. The number of hydrogen-bond donors (Lipinski definition) is 2. The number of aliphatic hydroxyl groups excluding tert-OH is 1. The number of Topliss-reactive ketones (excluding diaryl/α,β-unsaturated/α-hetero) is 1. The van der Waals surface area contributed by atoms with Crippen molar-refractivity contribution in [1.29, 1.82) is 0 Å². The van der Waals surface area contributed by atoms with Gasteiger partial charge in [-0.25, -0.2) is 0 Å². The summed E-state index contributed by atoms with van der Waals surface area (Å²) in [6, 6.07) is 7.06. The predicted octanol–water partition coefficient (Wildman–Crippen LogP) is 1.92. The summed E-state index contributed by atoms with van der Waals surface area (Å²) in [6.45, 7) is 1.89. The Morgan fingerprint density at radius 2 is 1.96 bits per heavy atom. The Morgan fingerprint density at radius 1 is 1.26 bits per heavy atom. The molecule has 0 saturated heterocycles. The fraction of sp³-hybridized carbons (Fsp3) is 0.500. The Labute approximate surface area is 136 Å². The number of aliphatic imine (C=N–C) groups is 1. The molecule has 0 aromatic heterocycles. The van der Waals surface area contributed by atoms with E-state index in [0.717, 1.165) is 31.2 Å². The SMILES string of the molecule is CN=C(C(=O)NC1CCCC[C@@H]1CO)C(=O)c1ccccc1C. The van der Waals surface area contributed by atoms with Gasteiger partial charge in [-0.2, -0.15) is 0 Å². The lowest BCUT2D eigenvalue weighted by atomic mass is 9.85. The molecule has 5 nitrogen and oxygen atoms in total. The molecule has 2 N–H and O–H groups in total. The number of nitrogens with zero attached hydrogens (tertiary/aromatic N) is 1. The minimum Gasteiger partial charge on any atom is -0.396 e. The normalized spacial score (nSPS) is 21.8. The van der Waals surface area contributed by atoms with Crippen LogP contribution in [0.5, 0.6) is 0 Å². The predicted molar refractivity (Wildman–Crippen MR) is 89.8 cm³/mol. The van der Waals surface area contributed by atoms with Crippen molar-refractivity contribution >= 4 is 17.4 Å². The first-order valence-corrected chi connectivity index (χ1v) is 8.07. The van der Waals surface area contributed by atoms with Crippen molar-refractivity contribution in [2.24, 2.45) is 10.9 Å². The van der Waals surface area contributed by atoms with Crippen molar-refractivity contribution in [2.45, 2.75) is 38.6 Å². The molecule has 2 rings (SSSR count). The van der Waals surface area contributed by atoms with Crippen molar-refractivity contribution in [3.63, 3.8) is 0 Å². The zero-order valence-corrected chi connectivity index (χ0v) is 13.7. The number of benzene rings is 1. The molecule has 124 valence electrons. The standard InChI is InChI=1S/C18H24N2O3/c1-12-7-3-5-9-14(12)17(22)16(19-2)18(23)20-15-10-6-4-8-13(15)11-21/h3,5,7,9,13,15,21H,4,6,8,10-11H2,1-2H3,(H,20,23)/t13-,15?/m1/s1. The van der Waals surface area contributed by atoms with Gasteiger partial charge >= 0.3 is 0 Å². The molecule has 1 saturated carbocycles. The molecule has 1 aromatic carbocycles. The molecule has 2 atom stereocenters. The maximum atomic E-state index is 12.6. The Kier molecular flexibility index (Phi) is 6.04. The van der Waals surface area contributed by atoms with Crippen LogP contribution >= 0.6 is 0 Å². The van der Waals surface area contributed by atoms with Gasteiger partial charge < -0.3 is 10.4 Å². The Balaban J connectivity index is 2.13. The van der Waals surface area contributed by atoms with E-state index < -0.39 is 5.91 Å². The molecule has 0 bridgehead atoms. The average Bonchev–Trinajstić information content (AvgIpc) is 2.56. The monoisotopic (exact) mass is 316 g/mol. The average molecular weight is 316 g/mol. The lowest BCUT2D eigenvalue weighted by molar-refractivity contribution is -0.116. The van der Waals surface area contributed by atoms with Crippen LogP contribution in [0, 0.1) is 12.8 Å². The second-order valence-electron chi connectivity index (χ2n) is 6.02. The maximum absolute atomic E-state index is 12.6. The van der Waals surface area contributed by atoms with E-state index in [9.17, 15) is 14.7 Å². The highest BCUT2D eigenvalue weighted by Gasteiger charge is 2.29. The number of rotatable bonds is 5. The van der Waals surface area contributed by atoms with Crippen LogP contribution in [0.4, 0.5) is 0 Å². The molecule has 1 aromatic rings. The molecule has 0 heterocycles. The molecule has 1 aliphatic carbocycles. The van der Waals surface area contributed by atoms with E-state index in [1.807, 2.05) is 19.1 Å². The number of aryl methyl sites for hydroxylation is 1. The lowest BCUT2D eigenvalue weighted by Gasteiger charge is -2.30. The van der Waals surface area contributed by atoms with Gasteiger partial charge in [-0.1, -0.05) is 37.1 Å². The summed E-state index contributed by atoms with van der Waals surface area (Å²) in [5.74, 6) is -0.759. The zero-order valence-electron chi connectivity index (χ0n) is 13.7. The van der Waals surface area contributed by atoms with Crippen LogP contribution in [-0.4, -0.2) is 42.2 Å². The smallest absolute Gasteiger partial charge is 0.273 e. The fourth-order valence-electron chi connectivity index (χ4n) is 3.11. The summed E-state index contributed by atoms with van der Waals surface area (Å²) < 4.78 is 0. The van der Waals surface area contributed by atoms with Gasteiger partial charge in [-0.3, -0.25) is 14.6 Å². The van der Waals surface area contributed by atoms with Crippen LogP contribution < -0.4 is 5.32 Å². The topological polar surface area (TPSA) is 78.8 Å². The first-order valence-electron chi connectivity index (χ1n) is 8.07. The first-order chi connectivity index (χ1) is 11.1. The largest absolute Gasteiger partial charge is 0.396 e. The number of ketones is 1. The molecular weight excluding hydrogens is 292 g/mol. The van der Waals surface area contributed by atoms with E-state index in [0.29, 0.717) is 5.56 Å². The van der Waals surface area contributed by atoms with Gasteiger partial charge in [0.1, 0.15) is 0 Å². The van der Waals surface area contributed by atoms with E-state index in [1.54, 1.807) is 12.1 Å². The third-order valence-corrected chi connectivity index (χ3v) is 4.50. The van der Waals surface area contributed by atoms with E-state index >= 15 is 0 Å². The number of amides is 1. The molecule has 1 fully saturated rings. The second kappa shape index (κ2) is 8.02. The number of carbonyl (C=O) groups is 2. The highest BCUT2D eigenvalue weighted by Crippen LogP contribution is 2.24. The summed E-state index contributed by atoms with van der Waals surface area (Å²) in [6.07, 6.45) is 3.80. The lowest BCUT2D eigenvalue weighted by Crippen LogP contribution is -2.47. The number of hydrogen-bond acceptors (Lipinski definition) is 4. The summed E-state index contributed by atoms with van der Waals surface area (Å²) in [7, 11) is 1.45. The van der Waals surface area contributed by atoms with E-state index in [1.165, 1.54) is 7.05 Å². The van der Waals surface area contributed by atoms with Gasteiger partial charge in [-0.05, 0) is 25.3 Å². The molecule has 0 aliphatic heterocycles. The molecule has 5 heteroatoms. The second-order valence-corrected chi connectivity index (χ2v) is 6.02. The minimum absolute atomic E-state index is 0.0509. The van der Waals surface area contributed by atoms with Crippen LogP contribution in [-0.2, 0) is 4.79 Å². The maximum Gasteiger partial charge on any atom is 0.273 e. The van der Waals surface area contributed by atoms with Gasteiger partial charge in [0.15, 0.2) is 5.71 Å². The number of carbonyl (C=O) groups excluding carboxylic acids is 2. The quantitative estimate of drug-likeness (QED) is 0.495. The molecule has 0 radical (unpaired) electrons. The highest BCUT2D eigenvalue weighted by molar-refractivity contribution is 6.68. The highest BCUT2D eigenvalue weighted by atomic mass is 16.3. The van der Waals surface area contributed by atoms with E-state index in [2.05, 4.69) is 10.3 Å². The molecule has 1 aliphatic rings. The molecule has 1 amide bonds. The van der Waals surface area contributed by atoms with Crippen LogP contribution in [0.3, 0.4) is 0 Å². The Morgan fingerprint density at radius 3 is 2.61 bits per heavy atom. The Hall–Kier alpha value is -2.01. The van der Waals surface area contributed by atoms with Crippen molar-refractivity contribution in [1.82, 2.24) is 5.32 Å².